The molecule has 0 bridgehead atoms. The molecule has 5 nitrogen and oxygen atoms in total. The van der Waals surface area contributed by atoms with E-state index in [2.05, 4.69) is 4.98 Å². The normalized spacial score (nSPS) is 12.0. The maximum absolute atomic E-state index is 12.6. The lowest BCUT2D eigenvalue weighted by molar-refractivity contribution is 0.0783. The monoisotopic (exact) mass is 333 g/mol. The Balaban J connectivity index is 2.08. The molecule has 1 aromatic carbocycles. The van der Waals surface area contributed by atoms with E-state index < -0.39 is 0 Å². The number of thiazole rings is 1. The molecule has 0 fully saturated rings. The molecular formula is C17H23N3O2S. The van der Waals surface area contributed by atoms with Gasteiger partial charge in [0.1, 0.15) is 11.1 Å². The molecule has 0 saturated carbocycles. The van der Waals surface area contributed by atoms with Crippen LogP contribution in [0.15, 0.2) is 29.6 Å². The molecule has 2 aromatic rings. The molecule has 0 spiro atoms. The van der Waals surface area contributed by atoms with Crippen molar-refractivity contribution in [3.63, 3.8) is 0 Å². The zero-order chi connectivity index (χ0) is 17.0. The lowest BCUT2D eigenvalue weighted by Gasteiger charge is -2.18. The number of hydrogen-bond acceptors (Lipinski definition) is 5. The van der Waals surface area contributed by atoms with Gasteiger partial charge in [-0.15, -0.1) is 11.3 Å². The van der Waals surface area contributed by atoms with Gasteiger partial charge < -0.3 is 14.5 Å². The summed E-state index contributed by atoms with van der Waals surface area (Å²) in [5.41, 5.74) is 2.57. The van der Waals surface area contributed by atoms with Crippen molar-refractivity contribution >= 4 is 22.9 Å². The number of anilines is 1. The molecule has 0 saturated heterocycles. The predicted octanol–water partition coefficient (Wildman–Crippen LogP) is 3.19. The highest BCUT2D eigenvalue weighted by atomic mass is 32.1. The SMILES string of the molecule is COC(C)c1nc(CN(C)C(=O)c2cccc(N(C)C)c2)cs1. The van der Waals surface area contributed by atoms with Crippen LogP contribution in [-0.4, -0.2) is 44.0 Å². The summed E-state index contributed by atoms with van der Waals surface area (Å²) in [6.07, 6.45) is -0.0217. The van der Waals surface area contributed by atoms with Gasteiger partial charge in [-0.3, -0.25) is 4.79 Å². The number of amides is 1. The fraction of sp³-hybridized carbons (Fsp3) is 0.412. The molecule has 0 aliphatic heterocycles. The summed E-state index contributed by atoms with van der Waals surface area (Å²) in [4.78, 5) is 20.8. The van der Waals surface area contributed by atoms with Crippen molar-refractivity contribution < 1.29 is 9.53 Å². The molecule has 6 heteroatoms. The van der Waals surface area contributed by atoms with E-state index in [0.717, 1.165) is 16.4 Å². The largest absolute Gasteiger partial charge is 0.378 e. The van der Waals surface area contributed by atoms with Crippen LogP contribution in [0.5, 0.6) is 0 Å². The first-order valence-corrected chi connectivity index (χ1v) is 8.30. The summed E-state index contributed by atoms with van der Waals surface area (Å²) < 4.78 is 5.27. The lowest BCUT2D eigenvalue weighted by atomic mass is 10.1. The Hall–Kier alpha value is -1.92. The van der Waals surface area contributed by atoms with Gasteiger partial charge in [0.05, 0.1) is 12.2 Å². The third kappa shape index (κ3) is 4.30. The van der Waals surface area contributed by atoms with Crippen LogP contribution in [0.4, 0.5) is 5.69 Å². The van der Waals surface area contributed by atoms with Crippen molar-refractivity contribution in [3.05, 3.63) is 45.9 Å². The third-order valence-corrected chi connectivity index (χ3v) is 4.68. The molecule has 0 radical (unpaired) electrons. The Kier molecular flexibility index (Phi) is 5.74. The van der Waals surface area contributed by atoms with E-state index in [4.69, 9.17) is 4.74 Å². The van der Waals surface area contributed by atoms with Crippen molar-refractivity contribution in [2.45, 2.75) is 19.6 Å². The molecule has 1 heterocycles. The summed E-state index contributed by atoms with van der Waals surface area (Å²) in [5, 5.41) is 2.91. The highest BCUT2D eigenvalue weighted by Gasteiger charge is 2.15. The molecule has 23 heavy (non-hydrogen) atoms. The van der Waals surface area contributed by atoms with Gasteiger partial charge in [0.15, 0.2) is 0 Å². The molecule has 0 N–H and O–H groups in total. The third-order valence-electron chi connectivity index (χ3n) is 3.63. The van der Waals surface area contributed by atoms with E-state index in [1.807, 2.05) is 55.6 Å². The fourth-order valence-corrected chi connectivity index (χ4v) is 2.98. The molecular weight excluding hydrogens is 310 g/mol. The predicted molar refractivity (Wildman–Crippen MR) is 94.1 cm³/mol. The molecule has 1 aromatic heterocycles. The maximum Gasteiger partial charge on any atom is 0.254 e. The van der Waals surface area contributed by atoms with Crippen molar-refractivity contribution in [3.8, 4) is 0 Å². The van der Waals surface area contributed by atoms with Crippen molar-refractivity contribution in [1.29, 1.82) is 0 Å². The van der Waals surface area contributed by atoms with Gasteiger partial charge in [-0.2, -0.15) is 0 Å². The van der Waals surface area contributed by atoms with E-state index in [9.17, 15) is 4.79 Å². The van der Waals surface area contributed by atoms with Gasteiger partial charge in [-0.25, -0.2) is 4.98 Å². The van der Waals surface area contributed by atoms with Gasteiger partial charge in [0.2, 0.25) is 0 Å². The molecule has 0 aliphatic carbocycles. The van der Waals surface area contributed by atoms with Crippen molar-refractivity contribution in [2.24, 2.45) is 0 Å². The molecule has 2 rings (SSSR count). The van der Waals surface area contributed by atoms with E-state index in [1.165, 1.54) is 0 Å². The first kappa shape index (κ1) is 17.4. The molecule has 0 aliphatic rings. The number of carbonyl (C=O) groups excluding carboxylic acids is 1. The number of carbonyl (C=O) groups is 1. The van der Waals surface area contributed by atoms with Crippen LogP contribution in [0, 0.1) is 0 Å². The average molecular weight is 333 g/mol. The van der Waals surface area contributed by atoms with Crippen LogP contribution in [0.2, 0.25) is 0 Å². The Morgan fingerprint density at radius 3 is 2.74 bits per heavy atom. The lowest BCUT2D eigenvalue weighted by Crippen LogP contribution is -2.26. The fourth-order valence-electron chi connectivity index (χ4n) is 2.14. The second-order valence-electron chi connectivity index (χ2n) is 5.66. The van der Waals surface area contributed by atoms with Crippen LogP contribution in [0.25, 0.3) is 0 Å². The topological polar surface area (TPSA) is 45.7 Å². The van der Waals surface area contributed by atoms with E-state index in [-0.39, 0.29) is 12.0 Å². The van der Waals surface area contributed by atoms with Crippen LogP contribution in [-0.2, 0) is 11.3 Å². The number of rotatable bonds is 6. The summed E-state index contributed by atoms with van der Waals surface area (Å²) in [6.45, 7) is 2.45. The number of hydrogen-bond donors (Lipinski definition) is 0. The maximum atomic E-state index is 12.6. The zero-order valence-electron chi connectivity index (χ0n) is 14.2. The summed E-state index contributed by atoms with van der Waals surface area (Å²) in [7, 11) is 7.38. The second-order valence-corrected chi connectivity index (χ2v) is 6.55. The smallest absolute Gasteiger partial charge is 0.254 e. The average Bonchev–Trinajstić information content (AvgIpc) is 3.01. The van der Waals surface area contributed by atoms with E-state index >= 15 is 0 Å². The van der Waals surface area contributed by atoms with Crippen LogP contribution >= 0.6 is 11.3 Å². The van der Waals surface area contributed by atoms with E-state index in [0.29, 0.717) is 12.1 Å². The minimum atomic E-state index is -0.0217. The van der Waals surface area contributed by atoms with Gasteiger partial charge in [-0.1, -0.05) is 6.07 Å². The standard InChI is InChI=1S/C17H23N3O2S/c1-12(22-5)16-18-14(11-23-16)10-20(4)17(21)13-7-6-8-15(9-13)19(2)3/h6-9,11-12H,10H2,1-5H3. The van der Waals surface area contributed by atoms with Crippen molar-refractivity contribution in [2.75, 3.05) is 33.2 Å². The Morgan fingerprint density at radius 1 is 1.35 bits per heavy atom. The summed E-state index contributed by atoms with van der Waals surface area (Å²) in [5.74, 6) is -0.0111. The summed E-state index contributed by atoms with van der Waals surface area (Å²) >= 11 is 1.56. The Bertz CT molecular complexity index is 669. The number of methoxy groups -OCH3 is 1. The minimum absolute atomic E-state index is 0.0111. The quantitative estimate of drug-likeness (QED) is 0.814. The molecule has 1 atom stereocenters. The van der Waals surface area contributed by atoms with Gasteiger partial charge >= 0.3 is 0 Å². The van der Waals surface area contributed by atoms with Gasteiger partial charge in [0, 0.05) is 44.9 Å². The van der Waals surface area contributed by atoms with Crippen LogP contribution in [0.3, 0.4) is 0 Å². The highest BCUT2D eigenvalue weighted by molar-refractivity contribution is 7.09. The number of nitrogens with zero attached hydrogens (tertiary/aromatic N) is 3. The first-order valence-electron chi connectivity index (χ1n) is 7.42. The Morgan fingerprint density at radius 2 is 2.09 bits per heavy atom. The van der Waals surface area contributed by atoms with Gasteiger partial charge in [-0.05, 0) is 25.1 Å². The number of benzene rings is 1. The van der Waals surface area contributed by atoms with Crippen molar-refractivity contribution in [1.82, 2.24) is 9.88 Å². The van der Waals surface area contributed by atoms with Crippen LogP contribution < -0.4 is 4.90 Å². The number of ether oxygens (including phenoxy) is 1. The van der Waals surface area contributed by atoms with Gasteiger partial charge in [0.25, 0.3) is 5.91 Å². The van der Waals surface area contributed by atoms with E-state index in [1.54, 1.807) is 30.4 Å². The van der Waals surface area contributed by atoms with Crippen LogP contribution in [0.1, 0.15) is 34.1 Å². The Labute approximate surface area is 141 Å². The molecule has 124 valence electrons. The highest BCUT2D eigenvalue weighted by Crippen LogP contribution is 2.21. The minimum Gasteiger partial charge on any atom is -0.378 e. The summed E-state index contributed by atoms with van der Waals surface area (Å²) in [6, 6.07) is 7.62. The zero-order valence-corrected chi connectivity index (χ0v) is 15.1. The second kappa shape index (κ2) is 7.57. The molecule has 1 amide bonds. The molecule has 1 unspecified atom stereocenters. The number of aromatic nitrogens is 1. The first-order chi connectivity index (χ1) is 10.9.